The molecule has 0 saturated carbocycles. The van der Waals surface area contributed by atoms with Gasteiger partial charge < -0.3 is 9.84 Å². The zero-order valence-corrected chi connectivity index (χ0v) is 25.7. The van der Waals surface area contributed by atoms with E-state index in [9.17, 15) is 5.11 Å². The molecule has 2 aromatic rings. The number of phenolic OH excluding ortho intramolecular Hbond substituents is 1. The molecule has 0 aromatic heterocycles. The highest BCUT2D eigenvalue weighted by Crippen LogP contribution is 2.29. The van der Waals surface area contributed by atoms with Crippen LogP contribution in [0.1, 0.15) is 156 Å². The van der Waals surface area contributed by atoms with Crippen LogP contribution in [0.3, 0.4) is 0 Å². The second kappa shape index (κ2) is 29.6. The third-order valence-electron chi connectivity index (χ3n) is 6.75. The van der Waals surface area contributed by atoms with Crippen LogP contribution in [-0.2, 0) is 0 Å². The minimum absolute atomic E-state index is 0.149. The van der Waals surface area contributed by atoms with Gasteiger partial charge in [0.2, 0.25) is 0 Å². The van der Waals surface area contributed by atoms with Gasteiger partial charge in [-0.15, -0.1) is 0 Å². The summed E-state index contributed by atoms with van der Waals surface area (Å²) >= 11 is 0. The maximum absolute atomic E-state index is 9.45. The average Bonchev–Trinajstić information content (AvgIpc) is 2.94. The zero-order chi connectivity index (χ0) is 27.9. The van der Waals surface area contributed by atoms with Crippen LogP contribution in [0.5, 0.6) is 17.2 Å². The summed E-state index contributed by atoms with van der Waals surface area (Å²) < 4.78 is 5.46. The molecule has 0 bridgehead atoms. The maximum atomic E-state index is 9.45. The van der Waals surface area contributed by atoms with Crippen molar-refractivity contribution in [1.82, 2.24) is 0 Å². The van der Waals surface area contributed by atoms with Gasteiger partial charge in [0.15, 0.2) is 11.5 Å². The lowest BCUT2D eigenvalue weighted by Crippen LogP contribution is -1.83. The normalized spacial score (nSPS) is 10.2. The molecule has 0 saturated heterocycles. The number of para-hydroxylation sites is 3. The molecule has 0 aliphatic carbocycles. The lowest BCUT2D eigenvalue weighted by Gasteiger charge is -2.06. The lowest BCUT2D eigenvalue weighted by molar-refractivity contribution is 0.411. The van der Waals surface area contributed by atoms with E-state index < -0.39 is 0 Å². The van der Waals surface area contributed by atoms with E-state index in [1.165, 1.54) is 128 Å². The Hall–Kier alpha value is -1.96. The lowest BCUT2D eigenvalue weighted by atomic mass is 10.1. The van der Waals surface area contributed by atoms with Crippen LogP contribution in [-0.4, -0.2) is 5.11 Å². The fraction of sp³-hybridized carbons (Fsp3) is 0.667. The van der Waals surface area contributed by atoms with E-state index in [0.717, 1.165) is 0 Å². The van der Waals surface area contributed by atoms with Gasteiger partial charge in [-0.2, -0.15) is 0 Å². The summed E-state index contributed by atoms with van der Waals surface area (Å²) in [5.41, 5.74) is 0. The molecule has 0 aliphatic rings. The van der Waals surface area contributed by atoms with E-state index in [0.29, 0.717) is 11.5 Å². The molecule has 2 nitrogen and oxygen atoms in total. The van der Waals surface area contributed by atoms with Crippen molar-refractivity contribution < 1.29 is 9.84 Å². The summed E-state index contributed by atoms with van der Waals surface area (Å²) in [4.78, 5) is 0. The Bertz CT molecular complexity index is 657. The minimum Gasteiger partial charge on any atom is -0.504 e. The minimum atomic E-state index is 0.149. The Kier molecular flexibility index (Phi) is 28.1. The number of hydrogen-bond donors (Lipinski definition) is 1. The van der Waals surface area contributed by atoms with Crippen molar-refractivity contribution in [3.8, 4) is 17.2 Å². The molecule has 218 valence electrons. The molecule has 2 aromatic carbocycles. The van der Waals surface area contributed by atoms with Gasteiger partial charge >= 0.3 is 0 Å². The second-order valence-electron chi connectivity index (χ2n) is 10.5. The molecule has 2 rings (SSSR count). The fourth-order valence-corrected chi connectivity index (χ4v) is 4.28. The summed E-state index contributed by atoms with van der Waals surface area (Å²) in [6.45, 7) is 9.12. The SMILES string of the molecule is CCCCCCCCCCCC.CCCCCCCCCCCC.Oc1ccccc1Oc1ccccc1. The van der Waals surface area contributed by atoms with Crippen molar-refractivity contribution in [2.45, 2.75) is 156 Å². The highest BCUT2D eigenvalue weighted by molar-refractivity contribution is 5.41. The molecule has 0 fully saturated rings. The van der Waals surface area contributed by atoms with Crippen LogP contribution in [0.25, 0.3) is 0 Å². The van der Waals surface area contributed by atoms with E-state index in [1.807, 2.05) is 36.4 Å². The first kappa shape index (κ1) is 36.0. The van der Waals surface area contributed by atoms with Crippen LogP contribution in [0.4, 0.5) is 0 Å². The first-order valence-electron chi connectivity index (χ1n) is 16.2. The average molecular weight is 527 g/mol. The van der Waals surface area contributed by atoms with Gasteiger partial charge in [-0.05, 0) is 24.3 Å². The first-order chi connectivity index (χ1) is 18.7. The van der Waals surface area contributed by atoms with E-state index in [1.54, 1.807) is 18.2 Å². The van der Waals surface area contributed by atoms with Crippen molar-refractivity contribution in [1.29, 1.82) is 0 Å². The highest BCUT2D eigenvalue weighted by Gasteiger charge is 2.00. The largest absolute Gasteiger partial charge is 0.504 e. The Balaban J connectivity index is 0.000000544. The third kappa shape index (κ3) is 24.4. The van der Waals surface area contributed by atoms with E-state index in [4.69, 9.17) is 4.74 Å². The van der Waals surface area contributed by atoms with Crippen LogP contribution in [0.2, 0.25) is 0 Å². The van der Waals surface area contributed by atoms with Gasteiger partial charge in [-0.25, -0.2) is 0 Å². The monoisotopic (exact) mass is 526 g/mol. The summed E-state index contributed by atoms with van der Waals surface area (Å²) in [5, 5.41) is 9.45. The second-order valence-corrected chi connectivity index (χ2v) is 10.5. The topological polar surface area (TPSA) is 29.5 Å². The Morgan fingerprint density at radius 3 is 1.08 bits per heavy atom. The van der Waals surface area contributed by atoms with Gasteiger partial charge in [0.1, 0.15) is 5.75 Å². The predicted molar refractivity (Wildman–Crippen MR) is 170 cm³/mol. The molecule has 0 atom stereocenters. The predicted octanol–water partition coefficient (Wildman–Crippen LogP) is 13.0. The number of aromatic hydroxyl groups is 1. The number of phenols is 1. The van der Waals surface area contributed by atoms with E-state index >= 15 is 0 Å². The van der Waals surface area contributed by atoms with E-state index in [-0.39, 0.29) is 5.75 Å². The molecule has 0 radical (unpaired) electrons. The molecule has 0 amide bonds. The van der Waals surface area contributed by atoms with Crippen molar-refractivity contribution in [3.63, 3.8) is 0 Å². The highest BCUT2D eigenvalue weighted by atomic mass is 16.5. The van der Waals surface area contributed by atoms with Crippen LogP contribution < -0.4 is 4.74 Å². The Labute approximate surface area is 237 Å². The zero-order valence-electron chi connectivity index (χ0n) is 25.7. The van der Waals surface area contributed by atoms with Gasteiger partial charge in [0.05, 0.1) is 0 Å². The molecule has 0 spiro atoms. The van der Waals surface area contributed by atoms with Gasteiger partial charge in [-0.3, -0.25) is 0 Å². The summed E-state index contributed by atoms with van der Waals surface area (Å²) in [7, 11) is 0. The van der Waals surface area contributed by atoms with Crippen molar-refractivity contribution in [3.05, 3.63) is 54.6 Å². The van der Waals surface area contributed by atoms with Gasteiger partial charge in [0, 0.05) is 0 Å². The summed E-state index contributed by atoms with van der Waals surface area (Å²) in [5.74, 6) is 1.34. The summed E-state index contributed by atoms with van der Waals surface area (Å²) in [6, 6.07) is 16.3. The molecule has 38 heavy (non-hydrogen) atoms. The molecular weight excluding hydrogens is 464 g/mol. The molecule has 0 unspecified atom stereocenters. The van der Waals surface area contributed by atoms with Crippen molar-refractivity contribution in [2.24, 2.45) is 0 Å². The number of benzene rings is 2. The fourth-order valence-electron chi connectivity index (χ4n) is 4.28. The summed E-state index contributed by atoms with van der Waals surface area (Å²) in [6.07, 6.45) is 28.9. The maximum Gasteiger partial charge on any atom is 0.169 e. The Morgan fingerprint density at radius 2 is 0.737 bits per heavy atom. The van der Waals surface area contributed by atoms with Crippen molar-refractivity contribution in [2.75, 3.05) is 0 Å². The van der Waals surface area contributed by atoms with Crippen LogP contribution in [0, 0.1) is 0 Å². The quantitative estimate of drug-likeness (QED) is 0.174. The number of ether oxygens (including phenoxy) is 1. The van der Waals surface area contributed by atoms with Gasteiger partial charge in [0.25, 0.3) is 0 Å². The smallest absolute Gasteiger partial charge is 0.169 e. The van der Waals surface area contributed by atoms with E-state index in [2.05, 4.69) is 27.7 Å². The van der Waals surface area contributed by atoms with Crippen molar-refractivity contribution >= 4 is 0 Å². The van der Waals surface area contributed by atoms with Crippen LogP contribution in [0.15, 0.2) is 54.6 Å². The molecular formula is C36H62O2. The molecule has 2 heteroatoms. The molecule has 0 heterocycles. The standard InChI is InChI=1S/C12H10O2.2C12H26/c13-11-8-4-5-9-12(11)14-10-6-2-1-3-7-10;2*1-3-5-7-9-11-12-10-8-6-4-2/h1-9,13H;2*3-12H2,1-2H3. The van der Waals surface area contributed by atoms with Crippen LogP contribution >= 0.6 is 0 Å². The first-order valence-corrected chi connectivity index (χ1v) is 16.2. The molecule has 1 N–H and O–H groups in total. The molecule has 0 aliphatic heterocycles. The number of hydrogen-bond acceptors (Lipinski definition) is 2. The Morgan fingerprint density at radius 1 is 0.421 bits per heavy atom. The number of unbranched alkanes of at least 4 members (excludes halogenated alkanes) is 18. The van der Waals surface area contributed by atoms with Gasteiger partial charge in [-0.1, -0.05) is 186 Å². The third-order valence-corrected chi connectivity index (χ3v) is 6.75. The number of rotatable bonds is 20.